The molecule has 0 aliphatic carbocycles. The second-order valence-corrected chi connectivity index (χ2v) is 3.79. The molecule has 0 saturated heterocycles. The number of rotatable bonds is 6. The lowest BCUT2D eigenvalue weighted by molar-refractivity contribution is -0.192. The Hall–Kier alpha value is -0.820. The van der Waals surface area contributed by atoms with Crippen molar-refractivity contribution < 1.29 is 28.2 Å². The first-order chi connectivity index (χ1) is 7.20. The lowest BCUT2D eigenvalue weighted by atomic mass is 10.0. The number of halogens is 3. The van der Waals surface area contributed by atoms with Crippen molar-refractivity contribution in [2.45, 2.75) is 26.1 Å². The molecule has 0 saturated carbocycles. The van der Waals surface area contributed by atoms with Gasteiger partial charge in [0.15, 0.2) is 5.92 Å². The van der Waals surface area contributed by atoms with Gasteiger partial charge in [0.05, 0.1) is 0 Å². The largest absolute Gasteiger partial charge is 0.481 e. The van der Waals surface area contributed by atoms with Crippen LogP contribution in [-0.2, 0) is 4.79 Å². The minimum Gasteiger partial charge on any atom is -0.481 e. The monoisotopic (exact) mass is 243 g/mol. The molecule has 0 aliphatic heterocycles. The fraction of sp³-hybridized carbons (Fsp3) is 0.889. The lowest BCUT2D eigenvalue weighted by Gasteiger charge is -2.22. The smallest absolute Gasteiger partial charge is 0.403 e. The summed E-state index contributed by atoms with van der Waals surface area (Å²) >= 11 is 0. The van der Waals surface area contributed by atoms with Gasteiger partial charge in [-0.2, -0.15) is 13.2 Å². The van der Waals surface area contributed by atoms with Crippen LogP contribution in [0.15, 0.2) is 0 Å². The van der Waals surface area contributed by atoms with Crippen LogP contribution in [0.2, 0.25) is 0 Å². The quantitative estimate of drug-likeness (QED) is 0.647. The second-order valence-electron chi connectivity index (χ2n) is 3.79. The van der Waals surface area contributed by atoms with Crippen molar-refractivity contribution in [3.05, 3.63) is 0 Å². The molecule has 7 heteroatoms. The Labute approximate surface area is 91.5 Å². The van der Waals surface area contributed by atoms with Gasteiger partial charge in [-0.3, -0.25) is 4.79 Å². The number of alkyl halides is 3. The molecule has 3 atom stereocenters. The van der Waals surface area contributed by atoms with E-state index in [0.717, 1.165) is 0 Å². The molecule has 16 heavy (non-hydrogen) atoms. The summed E-state index contributed by atoms with van der Waals surface area (Å²) in [5.74, 6) is -4.55. The number of aliphatic hydroxyl groups excluding tert-OH is 1. The Kier molecular flexibility index (Phi) is 5.74. The number of nitrogens with one attached hydrogen (secondary N) is 1. The molecule has 0 rings (SSSR count). The highest BCUT2D eigenvalue weighted by Gasteiger charge is 2.44. The van der Waals surface area contributed by atoms with E-state index < -0.39 is 24.6 Å². The van der Waals surface area contributed by atoms with Crippen LogP contribution in [0.5, 0.6) is 0 Å². The second kappa shape index (κ2) is 6.05. The molecule has 3 N–H and O–H groups in total. The van der Waals surface area contributed by atoms with Crippen LogP contribution >= 0.6 is 0 Å². The SMILES string of the molecule is CC(CO)C(C)NCC(C(=O)O)C(F)(F)F. The minimum absolute atomic E-state index is 0.169. The highest BCUT2D eigenvalue weighted by atomic mass is 19.4. The summed E-state index contributed by atoms with van der Waals surface area (Å²) in [6, 6.07) is -0.380. The number of carbonyl (C=O) groups is 1. The van der Waals surface area contributed by atoms with E-state index in [2.05, 4.69) is 5.32 Å². The van der Waals surface area contributed by atoms with E-state index in [1.165, 1.54) is 0 Å². The van der Waals surface area contributed by atoms with Gasteiger partial charge < -0.3 is 15.5 Å². The van der Waals surface area contributed by atoms with Gasteiger partial charge in [-0.05, 0) is 12.8 Å². The number of carboxylic acid groups (broad SMARTS) is 1. The number of aliphatic hydroxyl groups is 1. The lowest BCUT2D eigenvalue weighted by Crippen LogP contribution is -2.44. The summed E-state index contributed by atoms with van der Waals surface area (Å²) in [6.07, 6.45) is -4.76. The number of carboxylic acids is 1. The zero-order valence-electron chi connectivity index (χ0n) is 9.08. The molecule has 0 spiro atoms. The Morgan fingerprint density at radius 2 is 1.88 bits per heavy atom. The first-order valence-electron chi connectivity index (χ1n) is 4.84. The van der Waals surface area contributed by atoms with E-state index in [1.54, 1.807) is 13.8 Å². The van der Waals surface area contributed by atoms with Gasteiger partial charge in [-0.25, -0.2) is 0 Å². The molecule has 0 aliphatic rings. The van der Waals surface area contributed by atoms with Crippen LogP contribution < -0.4 is 5.32 Å². The van der Waals surface area contributed by atoms with Gasteiger partial charge in [0, 0.05) is 19.2 Å². The van der Waals surface area contributed by atoms with Crippen LogP contribution in [0, 0.1) is 11.8 Å². The molecular weight excluding hydrogens is 227 g/mol. The van der Waals surface area contributed by atoms with E-state index in [1.807, 2.05) is 0 Å². The zero-order valence-corrected chi connectivity index (χ0v) is 9.08. The molecule has 4 nitrogen and oxygen atoms in total. The summed E-state index contributed by atoms with van der Waals surface area (Å²) in [4.78, 5) is 10.4. The topological polar surface area (TPSA) is 69.6 Å². The average Bonchev–Trinajstić information content (AvgIpc) is 2.13. The summed E-state index contributed by atoms with van der Waals surface area (Å²) in [7, 11) is 0. The van der Waals surface area contributed by atoms with E-state index in [0.29, 0.717) is 0 Å². The van der Waals surface area contributed by atoms with Gasteiger partial charge in [0.1, 0.15) is 0 Å². The van der Waals surface area contributed by atoms with E-state index in [-0.39, 0.29) is 18.6 Å². The molecule has 0 aromatic carbocycles. The van der Waals surface area contributed by atoms with E-state index in [9.17, 15) is 18.0 Å². The molecule has 0 aromatic rings. The van der Waals surface area contributed by atoms with Crippen LogP contribution in [0.25, 0.3) is 0 Å². The molecule has 0 heterocycles. The normalized spacial score (nSPS) is 17.9. The Morgan fingerprint density at radius 1 is 1.38 bits per heavy atom. The van der Waals surface area contributed by atoms with Crippen LogP contribution in [0.3, 0.4) is 0 Å². The van der Waals surface area contributed by atoms with Crippen molar-refractivity contribution in [1.29, 1.82) is 0 Å². The highest BCUT2D eigenvalue weighted by molar-refractivity contribution is 5.71. The van der Waals surface area contributed by atoms with E-state index >= 15 is 0 Å². The summed E-state index contributed by atoms with van der Waals surface area (Å²) < 4.78 is 36.7. The zero-order chi connectivity index (χ0) is 12.9. The third kappa shape index (κ3) is 4.80. The third-order valence-corrected chi connectivity index (χ3v) is 2.48. The number of hydrogen-bond acceptors (Lipinski definition) is 3. The molecule has 0 radical (unpaired) electrons. The maximum absolute atomic E-state index is 12.2. The van der Waals surface area contributed by atoms with Gasteiger partial charge in [0.2, 0.25) is 0 Å². The van der Waals surface area contributed by atoms with Crippen LogP contribution in [0.1, 0.15) is 13.8 Å². The summed E-state index contributed by atoms with van der Waals surface area (Å²) in [6.45, 7) is 2.39. The predicted molar refractivity (Wildman–Crippen MR) is 50.9 cm³/mol. The first-order valence-corrected chi connectivity index (χ1v) is 4.84. The van der Waals surface area contributed by atoms with Crippen molar-refractivity contribution >= 4 is 5.97 Å². The van der Waals surface area contributed by atoms with Crippen molar-refractivity contribution in [3.63, 3.8) is 0 Å². The molecular formula is C9H16F3NO3. The van der Waals surface area contributed by atoms with Crippen LogP contribution in [0.4, 0.5) is 13.2 Å². The van der Waals surface area contributed by atoms with Crippen molar-refractivity contribution in [2.75, 3.05) is 13.2 Å². The first kappa shape index (κ1) is 15.2. The fourth-order valence-electron chi connectivity index (χ4n) is 1.01. The number of aliphatic carboxylic acids is 1. The average molecular weight is 243 g/mol. The number of hydrogen-bond donors (Lipinski definition) is 3. The minimum atomic E-state index is -4.76. The maximum Gasteiger partial charge on any atom is 0.403 e. The highest BCUT2D eigenvalue weighted by Crippen LogP contribution is 2.26. The van der Waals surface area contributed by atoms with Crippen molar-refractivity contribution in [3.8, 4) is 0 Å². The van der Waals surface area contributed by atoms with Crippen molar-refractivity contribution in [1.82, 2.24) is 5.32 Å². The molecule has 0 bridgehead atoms. The maximum atomic E-state index is 12.2. The molecule has 3 unspecified atom stereocenters. The third-order valence-electron chi connectivity index (χ3n) is 2.48. The molecule has 0 fully saturated rings. The van der Waals surface area contributed by atoms with Crippen molar-refractivity contribution in [2.24, 2.45) is 11.8 Å². The summed E-state index contributed by atoms with van der Waals surface area (Å²) in [5.41, 5.74) is 0. The molecule has 0 amide bonds. The molecule has 96 valence electrons. The molecule has 0 aromatic heterocycles. The van der Waals surface area contributed by atoms with Gasteiger partial charge in [-0.15, -0.1) is 0 Å². The van der Waals surface area contributed by atoms with Gasteiger partial charge in [-0.1, -0.05) is 6.92 Å². The fourth-order valence-corrected chi connectivity index (χ4v) is 1.01. The standard InChI is InChI=1S/C9H16F3NO3/c1-5(4-14)6(2)13-3-7(8(15)16)9(10,11)12/h5-7,13-14H,3-4H2,1-2H3,(H,15,16). The Morgan fingerprint density at radius 3 is 2.19 bits per heavy atom. The van der Waals surface area contributed by atoms with Gasteiger partial charge >= 0.3 is 12.1 Å². The Bertz CT molecular complexity index is 233. The Balaban J connectivity index is 4.29. The predicted octanol–water partition coefficient (Wildman–Crippen LogP) is 0.856. The van der Waals surface area contributed by atoms with Crippen LogP contribution in [-0.4, -0.2) is 41.6 Å². The summed E-state index contributed by atoms with van der Waals surface area (Å²) in [5, 5.41) is 19.6. The van der Waals surface area contributed by atoms with Gasteiger partial charge in [0.25, 0.3) is 0 Å². The van der Waals surface area contributed by atoms with E-state index in [4.69, 9.17) is 10.2 Å².